The fourth-order valence-electron chi connectivity index (χ4n) is 1.53. The van der Waals surface area contributed by atoms with Crippen molar-refractivity contribution in [3.05, 3.63) is 35.4 Å². The number of aryl methyl sites for hydroxylation is 1. The minimum absolute atomic E-state index is 0.0330. The molecule has 14 heavy (non-hydrogen) atoms. The van der Waals surface area contributed by atoms with Gasteiger partial charge in [-0.3, -0.25) is 0 Å². The molecule has 1 heterocycles. The first-order chi connectivity index (χ1) is 6.90. The highest BCUT2D eigenvalue weighted by atomic mass is 15.4. The standard InChI is InChI=1S/C11H13N3/c1-2-3-9-4-6-10(7-5-9)11-8-12-14-13-11/h4-8,11H,2-3H2,1H3. The molecule has 1 aromatic carbocycles. The molecule has 1 atom stereocenters. The summed E-state index contributed by atoms with van der Waals surface area (Å²) in [6, 6.07) is 8.55. The van der Waals surface area contributed by atoms with Crippen LogP contribution in [0.15, 0.2) is 39.7 Å². The van der Waals surface area contributed by atoms with Crippen LogP contribution in [0.5, 0.6) is 0 Å². The molecular weight excluding hydrogens is 174 g/mol. The van der Waals surface area contributed by atoms with Gasteiger partial charge >= 0.3 is 0 Å². The van der Waals surface area contributed by atoms with Crippen molar-refractivity contribution < 1.29 is 0 Å². The van der Waals surface area contributed by atoms with Gasteiger partial charge in [-0.1, -0.05) is 37.6 Å². The van der Waals surface area contributed by atoms with Crippen molar-refractivity contribution in [2.45, 2.75) is 25.8 Å². The third kappa shape index (κ3) is 1.87. The predicted molar refractivity (Wildman–Crippen MR) is 56.5 cm³/mol. The van der Waals surface area contributed by atoms with Gasteiger partial charge in [-0.2, -0.15) is 5.11 Å². The molecule has 1 aliphatic rings. The molecule has 2 rings (SSSR count). The molecule has 3 nitrogen and oxygen atoms in total. The lowest BCUT2D eigenvalue weighted by molar-refractivity contribution is 0.896. The quantitative estimate of drug-likeness (QED) is 0.697. The third-order valence-electron chi connectivity index (χ3n) is 2.30. The summed E-state index contributed by atoms with van der Waals surface area (Å²) in [5, 5.41) is 11.3. The lowest BCUT2D eigenvalue weighted by atomic mass is 10.0. The molecule has 72 valence electrons. The minimum atomic E-state index is 0.0330. The third-order valence-corrected chi connectivity index (χ3v) is 2.30. The van der Waals surface area contributed by atoms with Gasteiger partial charge in [0, 0.05) is 0 Å². The lowest BCUT2D eigenvalue weighted by Gasteiger charge is -2.03. The molecule has 0 aliphatic carbocycles. The monoisotopic (exact) mass is 187 g/mol. The summed E-state index contributed by atoms with van der Waals surface area (Å²) in [7, 11) is 0. The highest BCUT2D eigenvalue weighted by Crippen LogP contribution is 2.20. The van der Waals surface area contributed by atoms with Crippen LogP contribution in [0.1, 0.15) is 30.5 Å². The van der Waals surface area contributed by atoms with Crippen molar-refractivity contribution in [2.75, 3.05) is 0 Å². The van der Waals surface area contributed by atoms with Gasteiger partial charge in [-0.15, -0.1) is 5.10 Å². The van der Waals surface area contributed by atoms with Gasteiger partial charge in [-0.25, -0.2) is 0 Å². The molecule has 1 aliphatic heterocycles. The number of hydrogen-bond acceptors (Lipinski definition) is 3. The van der Waals surface area contributed by atoms with Crippen molar-refractivity contribution in [2.24, 2.45) is 15.4 Å². The molecule has 0 radical (unpaired) electrons. The SMILES string of the molecule is CCCc1ccc(C2C=NN=N2)cc1. The maximum absolute atomic E-state index is 3.98. The van der Waals surface area contributed by atoms with Crippen LogP contribution in [0.2, 0.25) is 0 Å². The normalized spacial score (nSPS) is 19.1. The summed E-state index contributed by atoms with van der Waals surface area (Å²) in [6.07, 6.45) is 4.08. The van der Waals surface area contributed by atoms with Crippen LogP contribution >= 0.6 is 0 Å². The lowest BCUT2D eigenvalue weighted by Crippen LogP contribution is -1.93. The van der Waals surface area contributed by atoms with E-state index in [1.54, 1.807) is 6.21 Å². The van der Waals surface area contributed by atoms with Crippen LogP contribution in [-0.4, -0.2) is 6.21 Å². The Hall–Kier alpha value is -1.51. The van der Waals surface area contributed by atoms with Crippen molar-refractivity contribution in [1.82, 2.24) is 0 Å². The Labute approximate surface area is 83.6 Å². The zero-order valence-electron chi connectivity index (χ0n) is 8.22. The number of hydrogen-bond donors (Lipinski definition) is 0. The fraction of sp³-hybridized carbons (Fsp3) is 0.364. The first kappa shape index (κ1) is 9.06. The van der Waals surface area contributed by atoms with Gasteiger partial charge < -0.3 is 0 Å². The van der Waals surface area contributed by atoms with Gasteiger partial charge in [-0.05, 0) is 22.8 Å². The van der Waals surface area contributed by atoms with Gasteiger partial charge in [0.1, 0.15) is 6.04 Å². The zero-order valence-corrected chi connectivity index (χ0v) is 8.22. The molecule has 0 amide bonds. The van der Waals surface area contributed by atoms with Gasteiger partial charge in [0.25, 0.3) is 0 Å². The van der Waals surface area contributed by atoms with E-state index in [0.29, 0.717) is 0 Å². The molecule has 1 aromatic rings. The average molecular weight is 187 g/mol. The molecule has 0 bridgehead atoms. The van der Waals surface area contributed by atoms with Crippen LogP contribution in [-0.2, 0) is 6.42 Å². The van der Waals surface area contributed by atoms with Crippen molar-refractivity contribution in [3.63, 3.8) is 0 Å². The molecule has 1 unspecified atom stereocenters. The smallest absolute Gasteiger partial charge is 0.135 e. The molecule has 0 fully saturated rings. The molecule has 0 saturated carbocycles. The summed E-state index contributed by atoms with van der Waals surface area (Å²) in [6.45, 7) is 2.19. The van der Waals surface area contributed by atoms with E-state index in [-0.39, 0.29) is 6.04 Å². The van der Waals surface area contributed by atoms with E-state index in [1.807, 2.05) is 0 Å². The topological polar surface area (TPSA) is 37.1 Å². The van der Waals surface area contributed by atoms with E-state index in [2.05, 4.69) is 46.6 Å². The summed E-state index contributed by atoms with van der Waals surface area (Å²) < 4.78 is 0. The summed E-state index contributed by atoms with van der Waals surface area (Å²) in [5.41, 5.74) is 2.54. The van der Waals surface area contributed by atoms with Gasteiger partial charge in [0.2, 0.25) is 0 Å². The largest absolute Gasteiger partial charge is 0.155 e. The van der Waals surface area contributed by atoms with E-state index in [4.69, 9.17) is 0 Å². The van der Waals surface area contributed by atoms with Crippen molar-refractivity contribution >= 4 is 6.21 Å². The van der Waals surface area contributed by atoms with E-state index in [9.17, 15) is 0 Å². The predicted octanol–water partition coefficient (Wildman–Crippen LogP) is 3.13. The van der Waals surface area contributed by atoms with E-state index in [0.717, 1.165) is 12.0 Å². The van der Waals surface area contributed by atoms with Gasteiger partial charge in [0.15, 0.2) is 0 Å². The van der Waals surface area contributed by atoms with Crippen LogP contribution < -0.4 is 0 Å². The van der Waals surface area contributed by atoms with Crippen molar-refractivity contribution in [1.29, 1.82) is 0 Å². The Morgan fingerprint density at radius 2 is 2.00 bits per heavy atom. The molecule has 0 spiro atoms. The van der Waals surface area contributed by atoms with E-state index in [1.165, 1.54) is 12.0 Å². The molecular formula is C11H13N3. The summed E-state index contributed by atoms with van der Waals surface area (Å²) in [5.74, 6) is 0. The minimum Gasteiger partial charge on any atom is -0.155 e. The van der Waals surface area contributed by atoms with Crippen LogP contribution in [0, 0.1) is 0 Å². The number of rotatable bonds is 3. The Morgan fingerprint density at radius 1 is 1.21 bits per heavy atom. The summed E-state index contributed by atoms with van der Waals surface area (Å²) >= 11 is 0. The first-order valence-electron chi connectivity index (χ1n) is 4.92. The van der Waals surface area contributed by atoms with Gasteiger partial charge in [0.05, 0.1) is 6.21 Å². The molecule has 0 aromatic heterocycles. The Morgan fingerprint density at radius 3 is 2.57 bits per heavy atom. The number of benzene rings is 1. The van der Waals surface area contributed by atoms with Crippen LogP contribution in [0.3, 0.4) is 0 Å². The van der Waals surface area contributed by atoms with E-state index < -0.39 is 0 Å². The fourth-order valence-corrected chi connectivity index (χ4v) is 1.53. The second-order valence-corrected chi connectivity index (χ2v) is 3.41. The molecule has 3 heteroatoms. The highest BCUT2D eigenvalue weighted by molar-refractivity contribution is 5.68. The Kier molecular flexibility index (Phi) is 2.68. The maximum Gasteiger partial charge on any atom is 0.135 e. The molecule has 0 saturated heterocycles. The number of nitrogens with zero attached hydrogens (tertiary/aromatic N) is 3. The summed E-state index contributed by atoms with van der Waals surface area (Å²) in [4.78, 5) is 0. The second-order valence-electron chi connectivity index (χ2n) is 3.41. The highest BCUT2D eigenvalue weighted by Gasteiger charge is 2.10. The zero-order chi connectivity index (χ0) is 9.80. The van der Waals surface area contributed by atoms with Crippen LogP contribution in [0.25, 0.3) is 0 Å². The van der Waals surface area contributed by atoms with E-state index >= 15 is 0 Å². The average Bonchev–Trinajstić information content (AvgIpc) is 2.72. The second kappa shape index (κ2) is 4.13. The Balaban J connectivity index is 2.13. The first-order valence-corrected chi connectivity index (χ1v) is 4.92. The van der Waals surface area contributed by atoms with Crippen molar-refractivity contribution in [3.8, 4) is 0 Å². The van der Waals surface area contributed by atoms with Crippen LogP contribution in [0.4, 0.5) is 0 Å². The molecule has 0 N–H and O–H groups in total. The maximum atomic E-state index is 3.98. The Bertz CT molecular complexity index is 339.